The molecule has 3 aromatic heterocycles. The van der Waals surface area contributed by atoms with Crippen LogP contribution in [0.1, 0.15) is 0 Å². The first-order valence-electron chi connectivity index (χ1n) is 15.5. The molecule has 0 spiro atoms. The maximum Gasteiger partial charge on any atom is 0.235 e. The lowest BCUT2D eigenvalue weighted by Crippen LogP contribution is -2.00. The van der Waals surface area contributed by atoms with Crippen LogP contribution in [0.5, 0.6) is 0 Å². The monoisotopic (exact) mass is 587 g/mol. The molecule has 0 aliphatic carbocycles. The molecule has 0 saturated carbocycles. The van der Waals surface area contributed by atoms with Gasteiger partial charge < -0.3 is 4.42 Å². The van der Waals surface area contributed by atoms with Crippen molar-refractivity contribution >= 4 is 65.4 Å². The highest BCUT2D eigenvalue weighted by Gasteiger charge is 2.17. The fraction of sp³-hybridized carbons (Fsp3) is 0. The van der Waals surface area contributed by atoms with Crippen LogP contribution in [-0.4, -0.2) is 14.5 Å². The topological polar surface area (TPSA) is 43.9 Å². The molecule has 3 heterocycles. The molecular formula is C42H25N3O. The minimum Gasteiger partial charge on any atom is -0.455 e. The van der Waals surface area contributed by atoms with E-state index in [9.17, 15) is 0 Å². The van der Waals surface area contributed by atoms with Gasteiger partial charge in [-0.1, -0.05) is 115 Å². The molecule has 4 heteroatoms. The van der Waals surface area contributed by atoms with E-state index in [-0.39, 0.29) is 0 Å². The minimum absolute atomic E-state index is 0.680. The van der Waals surface area contributed by atoms with Gasteiger partial charge in [0.15, 0.2) is 0 Å². The SMILES string of the molecule is c1ccc2nc(-n3c4ccccc4c4c5ccc(-c6ccc(-c7cccc8c7oc7ccccc78)cc6)cc5ccc43)ncc2c1. The fourth-order valence-corrected chi connectivity index (χ4v) is 7.08. The molecule has 0 saturated heterocycles. The first-order chi connectivity index (χ1) is 22.8. The zero-order chi connectivity index (χ0) is 30.2. The molecule has 0 unspecified atom stereocenters. The summed E-state index contributed by atoms with van der Waals surface area (Å²) in [5.74, 6) is 0.680. The molecule has 4 nitrogen and oxygen atoms in total. The molecule has 0 aliphatic rings. The van der Waals surface area contributed by atoms with E-state index in [0.29, 0.717) is 5.95 Å². The largest absolute Gasteiger partial charge is 0.455 e. The second kappa shape index (κ2) is 9.62. The first-order valence-corrected chi connectivity index (χ1v) is 15.5. The van der Waals surface area contributed by atoms with E-state index < -0.39 is 0 Å². The predicted molar refractivity (Wildman–Crippen MR) is 190 cm³/mol. The van der Waals surface area contributed by atoms with E-state index in [2.05, 4.69) is 114 Å². The van der Waals surface area contributed by atoms with Crippen LogP contribution in [0.4, 0.5) is 0 Å². The third kappa shape index (κ3) is 3.67. The van der Waals surface area contributed by atoms with Gasteiger partial charge in [-0.2, -0.15) is 0 Å². The first kappa shape index (κ1) is 25.1. The number of benzene rings is 7. The summed E-state index contributed by atoms with van der Waals surface area (Å²) in [6, 6.07) is 51.3. The molecular weight excluding hydrogens is 562 g/mol. The Balaban J connectivity index is 1.08. The number of hydrogen-bond acceptors (Lipinski definition) is 3. The maximum absolute atomic E-state index is 6.31. The quantitative estimate of drug-likeness (QED) is 0.207. The Kier molecular flexibility index (Phi) is 5.25. The number of fused-ring (bicyclic) bond motifs is 9. The average molecular weight is 588 g/mol. The highest BCUT2D eigenvalue weighted by Crippen LogP contribution is 2.39. The Morgan fingerprint density at radius 1 is 0.500 bits per heavy atom. The van der Waals surface area contributed by atoms with Crippen molar-refractivity contribution in [2.75, 3.05) is 0 Å². The second-order valence-electron chi connectivity index (χ2n) is 11.8. The third-order valence-electron chi connectivity index (χ3n) is 9.26. The minimum atomic E-state index is 0.680. The lowest BCUT2D eigenvalue weighted by atomic mass is 9.96. The fourth-order valence-electron chi connectivity index (χ4n) is 7.08. The molecule has 0 amide bonds. The second-order valence-corrected chi connectivity index (χ2v) is 11.8. The lowest BCUT2D eigenvalue weighted by Gasteiger charge is -2.09. The molecule has 0 atom stereocenters. The Morgan fingerprint density at radius 3 is 2.20 bits per heavy atom. The Bertz CT molecular complexity index is 2810. The number of para-hydroxylation sites is 4. The molecule has 0 radical (unpaired) electrons. The van der Waals surface area contributed by atoms with Gasteiger partial charge in [-0.05, 0) is 57.8 Å². The number of rotatable bonds is 3. The summed E-state index contributed by atoms with van der Waals surface area (Å²) >= 11 is 0. The van der Waals surface area contributed by atoms with Gasteiger partial charge >= 0.3 is 0 Å². The van der Waals surface area contributed by atoms with Crippen molar-refractivity contribution in [2.45, 2.75) is 0 Å². The van der Waals surface area contributed by atoms with Gasteiger partial charge in [0.2, 0.25) is 5.95 Å². The Labute approximate surface area is 263 Å². The molecule has 0 bridgehead atoms. The summed E-state index contributed by atoms with van der Waals surface area (Å²) < 4.78 is 8.49. The third-order valence-corrected chi connectivity index (χ3v) is 9.26. The van der Waals surface area contributed by atoms with Crippen molar-refractivity contribution in [1.29, 1.82) is 0 Å². The van der Waals surface area contributed by atoms with Crippen molar-refractivity contribution in [3.05, 3.63) is 152 Å². The Morgan fingerprint density at radius 2 is 1.26 bits per heavy atom. The van der Waals surface area contributed by atoms with Crippen LogP contribution < -0.4 is 0 Å². The van der Waals surface area contributed by atoms with Crippen LogP contribution in [-0.2, 0) is 0 Å². The highest BCUT2D eigenvalue weighted by atomic mass is 16.3. The zero-order valence-electron chi connectivity index (χ0n) is 24.7. The summed E-state index contributed by atoms with van der Waals surface area (Å²) in [6.07, 6.45) is 1.91. The van der Waals surface area contributed by atoms with Crippen LogP contribution in [0.2, 0.25) is 0 Å². The molecule has 0 fully saturated rings. The number of hydrogen-bond donors (Lipinski definition) is 0. The van der Waals surface area contributed by atoms with Crippen LogP contribution in [0.25, 0.3) is 93.6 Å². The normalized spacial score (nSPS) is 11.9. The van der Waals surface area contributed by atoms with Gasteiger partial charge in [0, 0.05) is 38.7 Å². The summed E-state index contributed by atoms with van der Waals surface area (Å²) in [4.78, 5) is 9.74. The summed E-state index contributed by atoms with van der Waals surface area (Å²) in [7, 11) is 0. The van der Waals surface area contributed by atoms with Gasteiger partial charge in [0.1, 0.15) is 11.2 Å². The van der Waals surface area contributed by atoms with Crippen molar-refractivity contribution in [1.82, 2.24) is 14.5 Å². The van der Waals surface area contributed by atoms with Crippen molar-refractivity contribution in [3.63, 3.8) is 0 Å². The average Bonchev–Trinajstić information content (AvgIpc) is 3.67. The van der Waals surface area contributed by atoms with Crippen molar-refractivity contribution in [2.24, 2.45) is 0 Å². The van der Waals surface area contributed by atoms with E-state index >= 15 is 0 Å². The van der Waals surface area contributed by atoms with Crippen LogP contribution in [0.15, 0.2) is 156 Å². The van der Waals surface area contributed by atoms with E-state index in [1.165, 1.54) is 32.7 Å². The van der Waals surface area contributed by atoms with E-state index in [4.69, 9.17) is 14.4 Å². The Hall–Kier alpha value is -6.26. The van der Waals surface area contributed by atoms with E-state index in [1.54, 1.807) is 0 Å². The molecule has 0 aliphatic heterocycles. The molecule has 214 valence electrons. The van der Waals surface area contributed by atoms with Gasteiger partial charge in [-0.15, -0.1) is 0 Å². The van der Waals surface area contributed by atoms with Gasteiger partial charge in [-0.3, -0.25) is 4.57 Å². The molecule has 0 N–H and O–H groups in total. The standard InChI is InChI=1S/C42H25N3O/c1-4-13-36-30(8-1)25-43-42(44-36)45-37-14-5-2-10-35(37)40-31-22-20-28(24-29(31)21-23-38(40)45)26-16-18-27(19-17-26)32-11-7-12-34-33-9-3-6-15-39(33)46-41(32)34/h1-25H. The molecule has 7 aromatic carbocycles. The van der Waals surface area contributed by atoms with Crippen LogP contribution in [0.3, 0.4) is 0 Å². The number of furan rings is 1. The summed E-state index contributed by atoms with van der Waals surface area (Å²) in [5.41, 5.74) is 9.58. The molecule has 10 aromatic rings. The molecule has 46 heavy (non-hydrogen) atoms. The van der Waals surface area contributed by atoms with Gasteiger partial charge in [0.25, 0.3) is 0 Å². The number of aromatic nitrogens is 3. The van der Waals surface area contributed by atoms with Gasteiger partial charge in [-0.25, -0.2) is 9.97 Å². The number of nitrogens with zero attached hydrogens (tertiary/aromatic N) is 3. The van der Waals surface area contributed by atoms with Crippen molar-refractivity contribution < 1.29 is 4.42 Å². The maximum atomic E-state index is 6.31. The van der Waals surface area contributed by atoms with E-state index in [1.807, 2.05) is 42.6 Å². The summed E-state index contributed by atoms with van der Waals surface area (Å²) in [6.45, 7) is 0. The van der Waals surface area contributed by atoms with Gasteiger partial charge in [0.05, 0.1) is 16.6 Å². The highest BCUT2D eigenvalue weighted by molar-refractivity contribution is 6.21. The predicted octanol–water partition coefficient (Wildman–Crippen LogP) is 11.1. The zero-order valence-corrected chi connectivity index (χ0v) is 24.7. The smallest absolute Gasteiger partial charge is 0.235 e. The summed E-state index contributed by atoms with van der Waals surface area (Å²) in [5, 5.41) is 8.14. The van der Waals surface area contributed by atoms with Crippen LogP contribution >= 0.6 is 0 Å². The van der Waals surface area contributed by atoms with E-state index in [0.717, 1.165) is 55.0 Å². The molecule has 10 rings (SSSR count). The van der Waals surface area contributed by atoms with Crippen LogP contribution in [0, 0.1) is 0 Å². The lowest BCUT2D eigenvalue weighted by molar-refractivity contribution is 0.670. The van der Waals surface area contributed by atoms with Crippen molar-refractivity contribution in [3.8, 4) is 28.2 Å².